The number of imidazole rings is 1. The average Bonchev–Trinajstić information content (AvgIpc) is 2.93. The lowest BCUT2D eigenvalue weighted by atomic mass is 10.2. The van der Waals surface area contributed by atoms with Crippen LogP contribution in [0.1, 0.15) is 33.0 Å². The zero-order valence-corrected chi connectivity index (χ0v) is 19.3. The largest absolute Gasteiger partial charge is 0.381 e. The monoisotopic (exact) mass is 487 g/mol. The topological polar surface area (TPSA) is 63.5 Å². The Morgan fingerprint density at radius 1 is 1.26 bits per heavy atom. The number of aliphatic imine (C=N–C) groups is 1. The highest BCUT2D eigenvalue weighted by atomic mass is 127. The van der Waals surface area contributed by atoms with Crippen molar-refractivity contribution in [3.63, 3.8) is 0 Å². The van der Waals surface area contributed by atoms with Crippen molar-refractivity contribution in [2.45, 2.75) is 40.7 Å². The van der Waals surface area contributed by atoms with Gasteiger partial charge in [-0.05, 0) is 38.3 Å². The molecule has 0 aliphatic heterocycles. The van der Waals surface area contributed by atoms with Crippen LogP contribution in [0, 0.1) is 12.8 Å². The minimum atomic E-state index is 0. The highest BCUT2D eigenvalue weighted by Crippen LogP contribution is 2.14. The molecule has 6 nitrogen and oxygen atoms in total. The molecule has 0 saturated carbocycles. The summed E-state index contributed by atoms with van der Waals surface area (Å²) in [5, 5.41) is 6.71. The van der Waals surface area contributed by atoms with E-state index in [1.165, 1.54) is 5.52 Å². The molecule has 2 aromatic rings. The molecule has 0 bridgehead atoms. The summed E-state index contributed by atoms with van der Waals surface area (Å²) < 4.78 is 7.84. The van der Waals surface area contributed by atoms with Gasteiger partial charge in [0, 0.05) is 39.4 Å². The summed E-state index contributed by atoms with van der Waals surface area (Å²) in [4.78, 5) is 9.24. The van der Waals surface area contributed by atoms with Gasteiger partial charge in [0.2, 0.25) is 0 Å². The van der Waals surface area contributed by atoms with E-state index in [9.17, 15) is 0 Å². The molecule has 0 spiro atoms. The number of ether oxygens (including phenoxy) is 1. The van der Waals surface area contributed by atoms with E-state index >= 15 is 0 Å². The maximum atomic E-state index is 5.60. The number of benzene rings is 1. The van der Waals surface area contributed by atoms with Gasteiger partial charge in [0.05, 0.1) is 11.0 Å². The van der Waals surface area contributed by atoms with Gasteiger partial charge in [0.25, 0.3) is 0 Å². The Morgan fingerprint density at radius 2 is 2.04 bits per heavy atom. The number of hydrogen-bond donors (Lipinski definition) is 2. The molecule has 0 unspecified atom stereocenters. The molecule has 0 amide bonds. The first-order valence-corrected chi connectivity index (χ1v) is 9.63. The minimum Gasteiger partial charge on any atom is -0.381 e. The van der Waals surface area contributed by atoms with Crippen LogP contribution >= 0.6 is 24.0 Å². The third kappa shape index (κ3) is 8.04. The number of nitrogens with one attached hydrogen (secondary N) is 2. The Hall–Kier alpha value is -1.35. The molecule has 0 radical (unpaired) electrons. The first-order valence-electron chi connectivity index (χ1n) is 9.63. The van der Waals surface area contributed by atoms with Gasteiger partial charge in [0.15, 0.2) is 5.96 Å². The number of para-hydroxylation sites is 2. The lowest BCUT2D eigenvalue weighted by molar-refractivity contribution is 0.109. The van der Waals surface area contributed by atoms with Gasteiger partial charge >= 0.3 is 0 Å². The molecule has 27 heavy (non-hydrogen) atoms. The number of aryl methyl sites for hydroxylation is 1. The Kier molecular flexibility index (Phi) is 11.3. The molecule has 0 atom stereocenters. The van der Waals surface area contributed by atoms with Crippen LogP contribution < -0.4 is 10.6 Å². The van der Waals surface area contributed by atoms with E-state index in [2.05, 4.69) is 71.1 Å². The molecule has 0 aliphatic carbocycles. The highest BCUT2D eigenvalue weighted by molar-refractivity contribution is 14.0. The molecule has 2 rings (SSSR count). The van der Waals surface area contributed by atoms with Crippen LogP contribution in [0.5, 0.6) is 0 Å². The Balaban J connectivity index is 0.00000364. The predicted molar refractivity (Wildman–Crippen MR) is 124 cm³/mol. The summed E-state index contributed by atoms with van der Waals surface area (Å²) >= 11 is 0. The van der Waals surface area contributed by atoms with Gasteiger partial charge in [-0.2, -0.15) is 0 Å². The lowest BCUT2D eigenvalue weighted by Gasteiger charge is -2.13. The number of guanidine groups is 1. The van der Waals surface area contributed by atoms with Crippen molar-refractivity contribution < 1.29 is 4.74 Å². The van der Waals surface area contributed by atoms with Gasteiger partial charge in [-0.3, -0.25) is 4.99 Å². The summed E-state index contributed by atoms with van der Waals surface area (Å²) in [5.41, 5.74) is 2.23. The number of hydrogen-bond acceptors (Lipinski definition) is 3. The van der Waals surface area contributed by atoms with E-state index < -0.39 is 0 Å². The fourth-order valence-corrected chi connectivity index (χ4v) is 2.78. The Labute approximate surface area is 180 Å². The van der Waals surface area contributed by atoms with Crippen molar-refractivity contribution in [3.05, 3.63) is 30.1 Å². The van der Waals surface area contributed by atoms with Crippen LogP contribution in [0.4, 0.5) is 0 Å². The van der Waals surface area contributed by atoms with E-state index in [0.29, 0.717) is 5.92 Å². The summed E-state index contributed by atoms with van der Waals surface area (Å²) in [6, 6.07) is 8.25. The zero-order valence-electron chi connectivity index (χ0n) is 17.0. The Morgan fingerprint density at radius 3 is 2.78 bits per heavy atom. The molecule has 7 heteroatoms. The number of aromatic nitrogens is 2. The van der Waals surface area contributed by atoms with E-state index in [-0.39, 0.29) is 24.0 Å². The van der Waals surface area contributed by atoms with E-state index in [0.717, 1.165) is 63.1 Å². The van der Waals surface area contributed by atoms with Crippen LogP contribution in [-0.4, -0.2) is 48.4 Å². The average molecular weight is 487 g/mol. The number of rotatable bonds is 10. The summed E-state index contributed by atoms with van der Waals surface area (Å²) in [5.74, 6) is 2.48. The van der Waals surface area contributed by atoms with Crippen molar-refractivity contribution in [1.82, 2.24) is 20.2 Å². The molecule has 1 aromatic carbocycles. The predicted octanol–water partition coefficient (Wildman–Crippen LogP) is 3.58. The van der Waals surface area contributed by atoms with Crippen molar-refractivity contribution >= 4 is 41.0 Å². The number of fused-ring (bicyclic) bond motifs is 1. The normalized spacial score (nSPS) is 11.7. The van der Waals surface area contributed by atoms with Crippen molar-refractivity contribution in [2.24, 2.45) is 10.9 Å². The molecule has 1 aromatic heterocycles. The minimum absolute atomic E-state index is 0. The van der Waals surface area contributed by atoms with Crippen LogP contribution in [-0.2, 0) is 11.3 Å². The van der Waals surface area contributed by atoms with E-state index in [4.69, 9.17) is 4.74 Å². The van der Waals surface area contributed by atoms with E-state index in [1.807, 2.05) is 6.07 Å². The number of nitrogens with zero attached hydrogens (tertiary/aromatic N) is 3. The van der Waals surface area contributed by atoms with Gasteiger partial charge < -0.3 is 19.9 Å². The third-order valence-electron chi connectivity index (χ3n) is 3.99. The zero-order chi connectivity index (χ0) is 18.8. The lowest BCUT2D eigenvalue weighted by Crippen LogP contribution is -2.39. The van der Waals surface area contributed by atoms with Gasteiger partial charge in [-0.15, -0.1) is 24.0 Å². The summed E-state index contributed by atoms with van der Waals surface area (Å²) in [7, 11) is 0. The van der Waals surface area contributed by atoms with Crippen LogP contribution in [0.15, 0.2) is 29.3 Å². The fraction of sp³-hybridized carbons (Fsp3) is 0.600. The second kappa shape index (κ2) is 12.9. The van der Waals surface area contributed by atoms with Crippen molar-refractivity contribution in [2.75, 3.05) is 32.8 Å². The maximum Gasteiger partial charge on any atom is 0.191 e. The third-order valence-corrected chi connectivity index (χ3v) is 3.99. The second-order valence-electron chi connectivity index (χ2n) is 6.81. The standard InChI is InChI=1S/C20H33N5O.HI/c1-5-21-20(22-11-8-14-26-15-16(2)3)23-12-13-25-17(4)24-18-9-6-7-10-19(18)25;/h6-7,9-10,16H,5,8,11-15H2,1-4H3,(H2,21,22,23);1H. The highest BCUT2D eigenvalue weighted by Gasteiger charge is 2.06. The quantitative estimate of drug-likeness (QED) is 0.233. The van der Waals surface area contributed by atoms with Crippen molar-refractivity contribution in [1.29, 1.82) is 0 Å². The van der Waals surface area contributed by atoms with Crippen molar-refractivity contribution in [3.8, 4) is 0 Å². The van der Waals surface area contributed by atoms with Gasteiger partial charge in [-0.25, -0.2) is 4.98 Å². The molecule has 2 N–H and O–H groups in total. The SMILES string of the molecule is CCNC(=NCCCOCC(C)C)NCCn1c(C)nc2ccccc21.I. The van der Waals surface area contributed by atoms with E-state index in [1.54, 1.807) is 0 Å². The van der Waals surface area contributed by atoms with Crippen LogP contribution in [0.3, 0.4) is 0 Å². The smallest absolute Gasteiger partial charge is 0.191 e. The van der Waals surface area contributed by atoms with Gasteiger partial charge in [-0.1, -0.05) is 26.0 Å². The fourth-order valence-electron chi connectivity index (χ4n) is 2.78. The molecule has 0 saturated heterocycles. The molecular formula is C20H34IN5O. The number of halogens is 1. The maximum absolute atomic E-state index is 5.60. The second-order valence-corrected chi connectivity index (χ2v) is 6.81. The first-order chi connectivity index (χ1) is 12.6. The molecule has 0 fully saturated rings. The molecular weight excluding hydrogens is 453 g/mol. The summed E-state index contributed by atoms with van der Waals surface area (Å²) in [6.45, 7) is 13.3. The van der Waals surface area contributed by atoms with Crippen LogP contribution in [0.25, 0.3) is 11.0 Å². The van der Waals surface area contributed by atoms with Gasteiger partial charge in [0.1, 0.15) is 5.82 Å². The molecule has 0 aliphatic rings. The molecule has 152 valence electrons. The summed E-state index contributed by atoms with van der Waals surface area (Å²) in [6.07, 6.45) is 0.939. The molecule has 1 heterocycles. The Bertz CT molecular complexity index is 699. The van der Waals surface area contributed by atoms with Crippen LogP contribution in [0.2, 0.25) is 0 Å². The first kappa shape index (κ1) is 23.7.